The molecule has 0 aromatic heterocycles. The van der Waals surface area contributed by atoms with E-state index in [1.54, 1.807) is 36.4 Å². The number of benzene rings is 2. The van der Waals surface area contributed by atoms with Crippen molar-refractivity contribution in [2.75, 3.05) is 6.61 Å². The second-order valence-corrected chi connectivity index (χ2v) is 4.23. The van der Waals surface area contributed by atoms with E-state index in [1.807, 2.05) is 13.0 Å². The van der Waals surface area contributed by atoms with E-state index >= 15 is 0 Å². The normalized spacial score (nSPS) is 10.5. The fourth-order valence-electron chi connectivity index (χ4n) is 1.71. The van der Waals surface area contributed by atoms with Gasteiger partial charge in [-0.3, -0.25) is 4.79 Å². The van der Waals surface area contributed by atoms with Crippen LogP contribution in [0, 0.1) is 0 Å². The number of nitrogens with zero attached hydrogens (tertiary/aromatic N) is 1. The predicted octanol–water partition coefficient (Wildman–Crippen LogP) is 2.55. The van der Waals surface area contributed by atoms with Gasteiger partial charge in [0.05, 0.1) is 12.8 Å². The zero-order valence-corrected chi connectivity index (χ0v) is 11.6. The van der Waals surface area contributed by atoms with Gasteiger partial charge in [0.25, 0.3) is 5.91 Å². The Labute approximate surface area is 122 Å². The number of amides is 1. The minimum atomic E-state index is -0.290. The standard InChI is InChI=1S/C16H16N2O3/c1-2-21-15-9-8-12(10-14(15)19)11-17-18-16(20)13-6-4-3-5-7-13/h3-11,19H,2H2,1H3,(H,18,20)/b17-11+. The van der Waals surface area contributed by atoms with Crippen molar-refractivity contribution in [2.24, 2.45) is 5.10 Å². The number of rotatable bonds is 5. The van der Waals surface area contributed by atoms with Crippen molar-refractivity contribution in [1.29, 1.82) is 0 Å². The van der Waals surface area contributed by atoms with Gasteiger partial charge in [-0.1, -0.05) is 18.2 Å². The Hall–Kier alpha value is -2.82. The van der Waals surface area contributed by atoms with Gasteiger partial charge in [0.15, 0.2) is 11.5 Å². The molecule has 0 saturated heterocycles. The van der Waals surface area contributed by atoms with Crippen LogP contribution in [0.1, 0.15) is 22.8 Å². The highest BCUT2D eigenvalue weighted by molar-refractivity contribution is 5.94. The Bertz CT molecular complexity index is 639. The molecule has 0 atom stereocenters. The zero-order chi connectivity index (χ0) is 15.1. The van der Waals surface area contributed by atoms with Crippen molar-refractivity contribution >= 4 is 12.1 Å². The summed E-state index contributed by atoms with van der Waals surface area (Å²) in [5, 5.41) is 13.6. The minimum absolute atomic E-state index is 0.0372. The quantitative estimate of drug-likeness (QED) is 0.654. The third kappa shape index (κ3) is 4.07. The summed E-state index contributed by atoms with van der Waals surface area (Å²) in [4.78, 5) is 11.7. The van der Waals surface area contributed by atoms with Crippen LogP contribution in [0.2, 0.25) is 0 Å². The Morgan fingerprint density at radius 3 is 2.71 bits per heavy atom. The maximum Gasteiger partial charge on any atom is 0.271 e. The largest absolute Gasteiger partial charge is 0.504 e. The lowest BCUT2D eigenvalue weighted by atomic mass is 10.2. The molecule has 0 saturated carbocycles. The molecule has 108 valence electrons. The summed E-state index contributed by atoms with van der Waals surface area (Å²) in [6.45, 7) is 2.32. The lowest BCUT2D eigenvalue weighted by molar-refractivity contribution is 0.0955. The Morgan fingerprint density at radius 1 is 1.29 bits per heavy atom. The van der Waals surface area contributed by atoms with E-state index in [0.717, 1.165) is 0 Å². The third-order valence-corrected chi connectivity index (χ3v) is 2.70. The SMILES string of the molecule is CCOc1ccc(/C=N/NC(=O)c2ccccc2)cc1O. The molecule has 0 spiro atoms. The molecular formula is C16H16N2O3. The van der Waals surface area contributed by atoms with E-state index in [9.17, 15) is 9.90 Å². The van der Waals surface area contributed by atoms with Gasteiger partial charge in [-0.05, 0) is 42.8 Å². The van der Waals surface area contributed by atoms with Crippen molar-refractivity contribution in [1.82, 2.24) is 5.43 Å². The summed E-state index contributed by atoms with van der Waals surface area (Å²) < 4.78 is 5.23. The molecule has 2 aromatic carbocycles. The van der Waals surface area contributed by atoms with Crippen LogP contribution >= 0.6 is 0 Å². The predicted molar refractivity (Wildman–Crippen MR) is 80.8 cm³/mol. The van der Waals surface area contributed by atoms with Gasteiger partial charge < -0.3 is 9.84 Å². The van der Waals surface area contributed by atoms with Crippen LogP contribution in [0.4, 0.5) is 0 Å². The molecule has 5 heteroatoms. The molecule has 2 rings (SSSR count). The van der Waals surface area contributed by atoms with E-state index < -0.39 is 0 Å². The van der Waals surface area contributed by atoms with Gasteiger partial charge in [0, 0.05) is 5.56 Å². The summed E-state index contributed by atoms with van der Waals surface area (Å²) in [6.07, 6.45) is 1.45. The Balaban J connectivity index is 1.98. The Kier molecular flexibility index (Phi) is 4.93. The number of hydrazone groups is 1. The number of carbonyl (C=O) groups is 1. The van der Waals surface area contributed by atoms with Gasteiger partial charge in [0.2, 0.25) is 0 Å². The molecule has 0 bridgehead atoms. The van der Waals surface area contributed by atoms with Crippen molar-refractivity contribution in [3.63, 3.8) is 0 Å². The molecule has 2 N–H and O–H groups in total. The first-order valence-electron chi connectivity index (χ1n) is 6.55. The highest BCUT2D eigenvalue weighted by Gasteiger charge is 2.03. The average Bonchev–Trinajstić information content (AvgIpc) is 2.51. The van der Waals surface area contributed by atoms with Crippen LogP contribution in [0.3, 0.4) is 0 Å². The highest BCUT2D eigenvalue weighted by atomic mass is 16.5. The number of phenols is 1. The molecule has 0 fully saturated rings. The number of ether oxygens (including phenoxy) is 1. The van der Waals surface area contributed by atoms with Crippen molar-refractivity contribution in [2.45, 2.75) is 6.92 Å². The number of carbonyl (C=O) groups excluding carboxylic acids is 1. The number of nitrogens with one attached hydrogen (secondary N) is 1. The van der Waals surface area contributed by atoms with Crippen LogP contribution in [-0.2, 0) is 0 Å². The van der Waals surface area contributed by atoms with Crippen LogP contribution in [0.15, 0.2) is 53.6 Å². The molecule has 0 unspecified atom stereocenters. The number of hydrogen-bond acceptors (Lipinski definition) is 4. The van der Waals surface area contributed by atoms with E-state index in [-0.39, 0.29) is 11.7 Å². The maximum absolute atomic E-state index is 11.7. The first kappa shape index (κ1) is 14.6. The van der Waals surface area contributed by atoms with Gasteiger partial charge >= 0.3 is 0 Å². The van der Waals surface area contributed by atoms with Crippen LogP contribution in [-0.4, -0.2) is 23.8 Å². The number of hydrogen-bond donors (Lipinski definition) is 2. The molecule has 0 radical (unpaired) electrons. The highest BCUT2D eigenvalue weighted by Crippen LogP contribution is 2.25. The fourth-order valence-corrected chi connectivity index (χ4v) is 1.71. The van der Waals surface area contributed by atoms with E-state index in [0.29, 0.717) is 23.5 Å². The van der Waals surface area contributed by atoms with Crippen molar-refractivity contribution in [3.05, 3.63) is 59.7 Å². The summed E-state index contributed by atoms with van der Waals surface area (Å²) >= 11 is 0. The summed E-state index contributed by atoms with van der Waals surface area (Å²) in [5.74, 6) is 0.167. The molecular weight excluding hydrogens is 268 g/mol. The van der Waals surface area contributed by atoms with E-state index in [2.05, 4.69) is 10.5 Å². The molecule has 2 aromatic rings. The topological polar surface area (TPSA) is 70.9 Å². The van der Waals surface area contributed by atoms with Crippen LogP contribution in [0.25, 0.3) is 0 Å². The number of aromatic hydroxyl groups is 1. The summed E-state index contributed by atoms with van der Waals surface area (Å²) in [6, 6.07) is 13.7. The molecule has 5 nitrogen and oxygen atoms in total. The van der Waals surface area contributed by atoms with Gasteiger partial charge in [-0.15, -0.1) is 0 Å². The maximum atomic E-state index is 11.7. The number of phenolic OH excluding ortho intramolecular Hbond substituents is 1. The van der Waals surface area contributed by atoms with E-state index in [4.69, 9.17) is 4.74 Å². The third-order valence-electron chi connectivity index (χ3n) is 2.70. The van der Waals surface area contributed by atoms with Crippen molar-refractivity contribution < 1.29 is 14.6 Å². The molecule has 21 heavy (non-hydrogen) atoms. The van der Waals surface area contributed by atoms with E-state index in [1.165, 1.54) is 12.3 Å². The lowest BCUT2D eigenvalue weighted by Crippen LogP contribution is -2.17. The lowest BCUT2D eigenvalue weighted by Gasteiger charge is -2.05. The van der Waals surface area contributed by atoms with Crippen LogP contribution < -0.4 is 10.2 Å². The second kappa shape index (κ2) is 7.09. The molecule has 0 heterocycles. The summed E-state index contributed by atoms with van der Waals surface area (Å²) in [5.41, 5.74) is 3.61. The smallest absolute Gasteiger partial charge is 0.271 e. The first-order valence-corrected chi connectivity index (χ1v) is 6.55. The molecule has 0 aliphatic rings. The first-order chi connectivity index (χ1) is 10.2. The minimum Gasteiger partial charge on any atom is -0.504 e. The Morgan fingerprint density at radius 2 is 2.05 bits per heavy atom. The second-order valence-electron chi connectivity index (χ2n) is 4.23. The molecule has 0 aliphatic carbocycles. The van der Waals surface area contributed by atoms with Gasteiger partial charge in [0.1, 0.15) is 0 Å². The van der Waals surface area contributed by atoms with Crippen LogP contribution in [0.5, 0.6) is 11.5 Å². The van der Waals surface area contributed by atoms with Crippen molar-refractivity contribution in [3.8, 4) is 11.5 Å². The zero-order valence-electron chi connectivity index (χ0n) is 11.6. The van der Waals surface area contributed by atoms with Gasteiger partial charge in [-0.25, -0.2) is 5.43 Å². The average molecular weight is 284 g/mol. The summed E-state index contributed by atoms with van der Waals surface area (Å²) in [7, 11) is 0. The monoisotopic (exact) mass is 284 g/mol. The molecule has 1 amide bonds. The molecule has 0 aliphatic heterocycles. The fraction of sp³-hybridized carbons (Fsp3) is 0.125. The van der Waals surface area contributed by atoms with Gasteiger partial charge in [-0.2, -0.15) is 5.10 Å².